The third-order valence-corrected chi connectivity index (χ3v) is 7.83. The molecule has 1 amide bonds. The van der Waals surface area contributed by atoms with Crippen LogP contribution in [0.25, 0.3) is 0 Å². The smallest absolute Gasteiger partial charge is 0.243 e. The van der Waals surface area contributed by atoms with Gasteiger partial charge in [-0.25, -0.2) is 8.42 Å². The molecule has 0 radical (unpaired) electrons. The summed E-state index contributed by atoms with van der Waals surface area (Å²) in [4.78, 5) is 17.2. The molecule has 1 aromatic rings. The number of nitrogens with one attached hydrogen (secondary N) is 1. The molecule has 2 fully saturated rings. The zero-order valence-corrected chi connectivity index (χ0v) is 20.3. The predicted molar refractivity (Wildman–Crippen MR) is 125 cm³/mol. The van der Waals surface area contributed by atoms with Gasteiger partial charge < -0.3 is 15.0 Å². The van der Waals surface area contributed by atoms with Crippen LogP contribution in [0.1, 0.15) is 25.8 Å². The van der Waals surface area contributed by atoms with E-state index >= 15 is 0 Å². The fourth-order valence-corrected chi connectivity index (χ4v) is 5.59. The zero-order valence-electron chi connectivity index (χ0n) is 19.5. The number of hydrogen-bond acceptors (Lipinski definition) is 6. The van der Waals surface area contributed by atoms with E-state index in [1.54, 1.807) is 17.0 Å². The van der Waals surface area contributed by atoms with E-state index < -0.39 is 10.0 Å². The highest BCUT2D eigenvalue weighted by Gasteiger charge is 2.29. The van der Waals surface area contributed by atoms with Gasteiger partial charge in [-0.05, 0) is 43.0 Å². The average Bonchev–Trinajstić information content (AvgIpc) is 2.79. The molecular formula is C23H38N4O4S. The van der Waals surface area contributed by atoms with Crippen molar-refractivity contribution in [3.05, 3.63) is 29.8 Å². The quantitative estimate of drug-likeness (QED) is 0.555. The minimum absolute atomic E-state index is 0.112. The van der Waals surface area contributed by atoms with E-state index in [1.165, 1.54) is 4.31 Å². The lowest BCUT2D eigenvalue weighted by molar-refractivity contribution is -0.132. The van der Waals surface area contributed by atoms with E-state index in [-0.39, 0.29) is 17.3 Å². The van der Waals surface area contributed by atoms with E-state index in [0.717, 1.165) is 44.7 Å². The van der Waals surface area contributed by atoms with E-state index in [1.807, 2.05) is 12.1 Å². The standard InChI is InChI=1S/C23H38N4O4S/c1-20(2)18-21-4-6-22(7-5-21)32(29,30)27(11-3-10-25-14-16-31-17-15-25)19-23(28)26-12-8-24-9-13-26/h4-7,20,24H,3,8-19H2,1-2H3. The highest BCUT2D eigenvalue weighted by Crippen LogP contribution is 2.19. The first-order valence-corrected chi connectivity index (χ1v) is 13.2. The normalized spacial score (nSPS) is 18.4. The van der Waals surface area contributed by atoms with Crippen molar-refractivity contribution in [3.63, 3.8) is 0 Å². The lowest BCUT2D eigenvalue weighted by Crippen LogP contribution is -2.50. The van der Waals surface area contributed by atoms with Crippen LogP contribution < -0.4 is 5.32 Å². The maximum atomic E-state index is 13.5. The molecule has 0 aliphatic carbocycles. The summed E-state index contributed by atoms with van der Waals surface area (Å²) in [6.45, 7) is 11.2. The summed E-state index contributed by atoms with van der Waals surface area (Å²) in [5, 5.41) is 3.23. The Labute approximate surface area is 192 Å². The Kier molecular flexibility index (Phi) is 9.48. The number of rotatable bonds is 10. The Balaban J connectivity index is 1.70. The van der Waals surface area contributed by atoms with Crippen molar-refractivity contribution in [2.24, 2.45) is 5.92 Å². The Morgan fingerprint density at radius 3 is 2.38 bits per heavy atom. The zero-order chi connectivity index (χ0) is 23.0. The Bertz CT molecular complexity index is 817. The summed E-state index contributed by atoms with van der Waals surface area (Å²) in [5.74, 6) is 0.378. The van der Waals surface area contributed by atoms with Crippen molar-refractivity contribution in [1.82, 2.24) is 19.4 Å². The fraction of sp³-hybridized carbons (Fsp3) is 0.696. The van der Waals surface area contributed by atoms with Crippen molar-refractivity contribution in [2.45, 2.75) is 31.6 Å². The SMILES string of the molecule is CC(C)Cc1ccc(S(=O)(=O)N(CCCN2CCOCC2)CC(=O)N2CCNCC2)cc1. The Morgan fingerprint density at radius 1 is 1.09 bits per heavy atom. The van der Waals surface area contributed by atoms with Crippen LogP contribution in [0, 0.1) is 5.92 Å². The molecule has 8 nitrogen and oxygen atoms in total. The van der Waals surface area contributed by atoms with Crippen LogP contribution in [-0.2, 0) is 26.0 Å². The number of morpholine rings is 1. The third kappa shape index (κ3) is 7.25. The van der Waals surface area contributed by atoms with E-state index in [9.17, 15) is 13.2 Å². The first-order chi connectivity index (χ1) is 15.4. The molecular weight excluding hydrogens is 428 g/mol. The molecule has 9 heteroatoms. The molecule has 0 atom stereocenters. The number of piperazine rings is 1. The van der Waals surface area contributed by atoms with Crippen molar-refractivity contribution in [1.29, 1.82) is 0 Å². The summed E-state index contributed by atoms with van der Waals surface area (Å²) in [6, 6.07) is 7.13. The molecule has 3 rings (SSSR count). The summed E-state index contributed by atoms with van der Waals surface area (Å²) in [5.41, 5.74) is 1.12. The minimum atomic E-state index is -3.76. The first kappa shape index (κ1) is 25.1. The van der Waals surface area contributed by atoms with Gasteiger partial charge in [0, 0.05) is 45.8 Å². The van der Waals surface area contributed by atoms with Crippen molar-refractivity contribution >= 4 is 15.9 Å². The molecule has 1 N–H and O–H groups in total. The molecule has 180 valence electrons. The number of sulfonamides is 1. The van der Waals surface area contributed by atoms with Crippen LogP contribution in [-0.4, -0.2) is 101 Å². The number of nitrogens with zero attached hydrogens (tertiary/aromatic N) is 3. The molecule has 2 saturated heterocycles. The number of ether oxygens (including phenoxy) is 1. The number of amides is 1. The molecule has 0 unspecified atom stereocenters. The van der Waals surface area contributed by atoms with E-state index in [0.29, 0.717) is 45.2 Å². The number of benzene rings is 1. The predicted octanol–water partition coefficient (Wildman–Crippen LogP) is 1.03. The van der Waals surface area contributed by atoms with Gasteiger partial charge in [-0.1, -0.05) is 26.0 Å². The summed E-state index contributed by atoms with van der Waals surface area (Å²) in [7, 11) is -3.76. The highest BCUT2D eigenvalue weighted by atomic mass is 32.2. The van der Waals surface area contributed by atoms with Gasteiger partial charge in [0.25, 0.3) is 0 Å². The number of carbonyl (C=O) groups excluding carboxylic acids is 1. The second kappa shape index (κ2) is 12.1. The average molecular weight is 467 g/mol. The second-order valence-corrected chi connectivity index (χ2v) is 11.0. The third-order valence-electron chi connectivity index (χ3n) is 5.97. The minimum Gasteiger partial charge on any atom is -0.379 e. The maximum absolute atomic E-state index is 13.5. The van der Waals surface area contributed by atoms with Gasteiger partial charge in [-0.15, -0.1) is 0 Å². The largest absolute Gasteiger partial charge is 0.379 e. The van der Waals surface area contributed by atoms with Gasteiger partial charge in [0.15, 0.2) is 0 Å². The van der Waals surface area contributed by atoms with Gasteiger partial charge in [-0.3, -0.25) is 9.69 Å². The highest BCUT2D eigenvalue weighted by molar-refractivity contribution is 7.89. The molecule has 0 saturated carbocycles. The molecule has 2 heterocycles. The second-order valence-electron chi connectivity index (χ2n) is 9.02. The van der Waals surface area contributed by atoms with E-state index in [4.69, 9.17) is 4.74 Å². The van der Waals surface area contributed by atoms with Gasteiger partial charge in [0.05, 0.1) is 24.7 Å². The molecule has 2 aliphatic heterocycles. The number of carbonyl (C=O) groups is 1. The summed E-state index contributed by atoms with van der Waals surface area (Å²) in [6.07, 6.45) is 1.59. The molecule has 32 heavy (non-hydrogen) atoms. The van der Waals surface area contributed by atoms with Crippen LogP contribution in [0.4, 0.5) is 0 Å². The first-order valence-electron chi connectivity index (χ1n) is 11.7. The Morgan fingerprint density at radius 2 is 1.75 bits per heavy atom. The summed E-state index contributed by atoms with van der Waals surface area (Å²) < 4.78 is 33.7. The molecule has 0 bridgehead atoms. The van der Waals surface area contributed by atoms with Crippen LogP contribution >= 0.6 is 0 Å². The lowest BCUT2D eigenvalue weighted by Gasteiger charge is -2.31. The number of hydrogen-bond donors (Lipinski definition) is 1. The monoisotopic (exact) mass is 466 g/mol. The summed E-state index contributed by atoms with van der Waals surface area (Å²) >= 11 is 0. The maximum Gasteiger partial charge on any atom is 0.243 e. The molecule has 2 aliphatic rings. The van der Waals surface area contributed by atoms with Gasteiger partial charge in [0.2, 0.25) is 15.9 Å². The van der Waals surface area contributed by atoms with E-state index in [2.05, 4.69) is 24.1 Å². The van der Waals surface area contributed by atoms with Crippen LogP contribution in [0.2, 0.25) is 0 Å². The van der Waals surface area contributed by atoms with Gasteiger partial charge in [-0.2, -0.15) is 4.31 Å². The van der Waals surface area contributed by atoms with Crippen LogP contribution in [0.5, 0.6) is 0 Å². The van der Waals surface area contributed by atoms with Crippen LogP contribution in [0.15, 0.2) is 29.2 Å². The van der Waals surface area contributed by atoms with Crippen molar-refractivity contribution in [2.75, 3.05) is 72.1 Å². The van der Waals surface area contributed by atoms with Gasteiger partial charge >= 0.3 is 0 Å². The fourth-order valence-electron chi connectivity index (χ4n) is 4.16. The van der Waals surface area contributed by atoms with Crippen LogP contribution in [0.3, 0.4) is 0 Å². The molecule has 0 aromatic heterocycles. The molecule has 1 aromatic carbocycles. The lowest BCUT2D eigenvalue weighted by atomic mass is 10.0. The van der Waals surface area contributed by atoms with Crippen molar-refractivity contribution in [3.8, 4) is 0 Å². The molecule has 0 spiro atoms. The topological polar surface area (TPSA) is 82.2 Å². The van der Waals surface area contributed by atoms with Crippen molar-refractivity contribution < 1.29 is 17.9 Å². The van der Waals surface area contributed by atoms with Gasteiger partial charge in [0.1, 0.15) is 0 Å². The Hall–Kier alpha value is -1.52.